The van der Waals surface area contributed by atoms with Gasteiger partial charge in [-0.3, -0.25) is 0 Å². The van der Waals surface area contributed by atoms with Crippen LogP contribution in [0.5, 0.6) is 0 Å². The molecule has 2 rings (SSSR count). The summed E-state index contributed by atoms with van der Waals surface area (Å²) in [5.41, 5.74) is 1.74. The Labute approximate surface area is 145 Å². The van der Waals surface area contributed by atoms with Crippen molar-refractivity contribution in [1.29, 1.82) is 0 Å². The summed E-state index contributed by atoms with van der Waals surface area (Å²) >= 11 is 0. The highest BCUT2D eigenvalue weighted by Crippen LogP contribution is 2.20. The molecule has 0 amide bonds. The van der Waals surface area contributed by atoms with Gasteiger partial charge >= 0.3 is 0 Å². The first-order valence-electron chi connectivity index (χ1n) is 7.57. The molecule has 0 aliphatic rings. The summed E-state index contributed by atoms with van der Waals surface area (Å²) in [7, 11) is -4.18. The number of aryl methyl sites for hydroxylation is 1. The van der Waals surface area contributed by atoms with Crippen LogP contribution in [0.3, 0.4) is 0 Å². The summed E-state index contributed by atoms with van der Waals surface area (Å²) < 4.78 is 58.9. The minimum Gasteiger partial charge on any atom is -0.394 e. The molecule has 0 aromatic heterocycles. The molecule has 1 unspecified atom stereocenters. The number of hydrogen-bond acceptors (Lipinski definition) is 4. The molecule has 2 N–H and O–H groups in total. The van der Waals surface area contributed by atoms with Crippen LogP contribution in [0, 0.1) is 18.6 Å². The van der Waals surface area contributed by atoms with Gasteiger partial charge in [0.25, 0.3) is 0 Å². The van der Waals surface area contributed by atoms with E-state index in [1.807, 2.05) is 19.1 Å². The van der Waals surface area contributed by atoms with Crippen LogP contribution < -0.4 is 4.72 Å². The van der Waals surface area contributed by atoms with E-state index in [-0.39, 0.29) is 19.8 Å². The molecule has 1 atom stereocenters. The molecule has 5 nitrogen and oxygen atoms in total. The predicted molar refractivity (Wildman–Crippen MR) is 88.5 cm³/mol. The van der Waals surface area contributed by atoms with Crippen molar-refractivity contribution >= 4 is 10.0 Å². The van der Waals surface area contributed by atoms with Crippen LogP contribution in [0.25, 0.3) is 0 Å². The molecule has 2 aromatic rings. The van der Waals surface area contributed by atoms with E-state index in [0.717, 1.165) is 17.7 Å². The number of hydrogen-bond donors (Lipinski definition) is 2. The highest BCUT2D eigenvalue weighted by Gasteiger charge is 2.22. The summed E-state index contributed by atoms with van der Waals surface area (Å²) in [5, 5.41) is 8.93. The fourth-order valence-corrected chi connectivity index (χ4v) is 3.29. The molecule has 0 saturated carbocycles. The van der Waals surface area contributed by atoms with Gasteiger partial charge in [-0.25, -0.2) is 21.9 Å². The van der Waals surface area contributed by atoms with Crippen LogP contribution in [0.1, 0.15) is 17.2 Å². The standard InChI is InChI=1S/C17H19F2NO4S/c1-12-2-4-13(5-3-12)16(24-9-8-21)11-20-25(22,23)17-7-6-14(18)10-15(17)19/h2-7,10,16,20-21H,8-9,11H2,1H3. The molecular formula is C17H19F2NO4S. The lowest BCUT2D eigenvalue weighted by molar-refractivity contribution is 0.0309. The molecule has 0 aliphatic carbocycles. The first kappa shape index (κ1) is 19.5. The fourth-order valence-electron chi connectivity index (χ4n) is 2.21. The summed E-state index contributed by atoms with van der Waals surface area (Å²) in [6.07, 6.45) is -0.661. The quantitative estimate of drug-likeness (QED) is 0.747. The summed E-state index contributed by atoms with van der Waals surface area (Å²) in [6, 6.07) is 9.50. The maximum absolute atomic E-state index is 13.7. The first-order valence-corrected chi connectivity index (χ1v) is 9.05. The molecule has 0 radical (unpaired) electrons. The smallest absolute Gasteiger partial charge is 0.243 e. The first-order chi connectivity index (χ1) is 11.8. The lowest BCUT2D eigenvalue weighted by Gasteiger charge is -2.19. The third-order valence-electron chi connectivity index (χ3n) is 3.50. The molecule has 25 heavy (non-hydrogen) atoms. The van der Waals surface area contributed by atoms with Gasteiger partial charge in [-0.15, -0.1) is 0 Å². The van der Waals surface area contributed by atoms with Gasteiger partial charge in [0.05, 0.1) is 19.3 Å². The van der Waals surface area contributed by atoms with E-state index in [0.29, 0.717) is 11.6 Å². The van der Waals surface area contributed by atoms with Crippen molar-refractivity contribution in [3.05, 3.63) is 65.2 Å². The van der Waals surface area contributed by atoms with Crippen molar-refractivity contribution in [1.82, 2.24) is 4.72 Å². The average molecular weight is 371 g/mol. The lowest BCUT2D eigenvalue weighted by Crippen LogP contribution is -2.30. The highest BCUT2D eigenvalue weighted by molar-refractivity contribution is 7.89. The Kier molecular flexibility index (Phi) is 6.60. The van der Waals surface area contributed by atoms with E-state index in [1.165, 1.54) is 0 Å². The van der Waals surface area contributed by atoms with Crippen molar-refractivity contribution in [3.8, 4) is 0 Å². The second-order valence-electron chi connectivity index (χ2n) is 5.42. The molecule has 136 valence electrons. The van der Waals surface area contributed by atoms with Crippen molar-refractivity contribution in [2.24, 2.45) is 0 Å². The number of rotatable bonds is 8. The fraction of sp³-hybridized carbons (Fsp3) is 0.294. The zero-order chi connectivity index (χ0) is 18.4. The molecule has 0 bridgehead atoms. The van der Waals surface area contributed by atoms with E-state index in [2.05, 4.69) is 4.72 Å². The Bertz CT molecular complexity index is 810. The maximum Gasteiger partial charge on any atom is 0.243 e. The van der Waals surface area contributed by atoms with Crippen molar-refractivity contribution in [2.75, 3.05) is 19.8 Å². The molecule has 2 aromatic carbocycles. The van der Waals surface area contributed by atoms with Crippen molar-refractivity contribution in [2.45, 2.75) is 17.9 Å². The maximum atomic E-state index is 13.7. The zero-order valence-corrected chi connectivity index (χ0v) is 14.4. The molecule has 0 aliphatic heterocycles. The van der Waals surface area contributed by atoms with E-state index in [9.17, 15) is 17.2 Å². The minimum absolute atomic E-state index is 0.0190. The lowest BCUT2D eigenvalue weighted by atomic mass is 10.1. The number of sulfonamides is 1. The van der Waals surface area contributed by atoms with Crippen molar-refractivity contribution < 1.29 is 27.0 Å². The predicted octanol–water partition coefficient (Wildman–Crippen LogP) is 2.30. The Morgan fingerprint density at radius 3 is 2.44 bits per heavy atom. The normalized spacial score (nSPS) is 13.0. The third kappa shape index (κ3) is 5.30. The van der Waals surface area contributed by atoms with Gasteiger partial charge in [0.1, 0.15) is 16.5 Å². The summed E-state index contributed by atoms with van der Waals surface area (Å²) in [5.74, 6) is -2.03. The van der Waals surface area contributed by atoms with Crippen LogP contribution >= 0.6 is 0 Å². The van der Waals surface area contributed by atoms with Gasteiger partial charge in [0, 0.05) is 12.6 Å². The number of benzene rings is 2. The van der Waals surface area contributed by atoms with E-state index < -0.39 is 32.7 Å². The minimum atomic E-state index is -4.18. The van der Waals surface area contributed by atoms with Gasteiger partial charge in [-0.1, -0.05) is 29.8 Å². The van der Waals surface area contributed by atoms with Gasteiger partial charge in [0.15, 0.2) is 0 Å². The third-order valence-corrected chi connectivity index (χ3v) is 4.96. The molecule has 0 saturated heterocycles. The molecule has 8 heteroatoms. The highest BCUT2D eigenvalue weighted by atomic mass is 32.2. The zero-order valence-electron chi connectivity index (χ0n) is 13.6. The van der Waals surface area contributed by atoms with Crippen LogP contribution in [0.4, 0.5) is 8.78 Å². The van der Waals surface area contributed by atoms with Gasteiger partial charge < -0.3 is 9.84 Å². The SMILES string of the molecule is Cc1ccc(C(CNS(=O)(=O)c2ccc(F)cc2F)OCCO)cc1. The second-order valence-corrected chi connectivity index (χ2v) is 7.16. The van der Waals surface area contributed by atoms with Gasteiger partial charge in [-0.2, -0.15) is 0 Å². The molecule has 0 spiro atoms. The number of nitrogens with one attached hydrogen (secondary N) is 1. The number of ether oxygens (including phenoxy) is 1. The number of aliphatic hydroxyl groups is 1. The van der Waals surface area contributed by atoms with E-state index >= 15 is 0 Å². The summed E-state index contributed by atoms with van der Waals surface area (Å²) in [4.78, 5) is -0.640. The van der Waals surface area contributed by atoms with E-state index in [4.69, 9.17) is 9.84 Å². The molecule has 0 fully saturated rings. The van der Waals surface area contributed by atoms with Gasteiger partial charge in [0.2, 0.25) is 10.0 Å². The molecule has 0 heterocycles. The van der Waals surface area contributed by atoms with Crippen LogP contribution in [0.2, 0.25) is 0 Å². The van der Waals surface area contributed by atoms with Crippen LogP contribution in [-0.4, -0.2) is 33.3 Å². The van der Waals surface area contributed by atoms with E-state index in [1.54, 1.807) is 12.1 Å². The number of aliphatic hydroxyl groups excluding tert-OH is 1. The Morgan fingerprint density at radius 2 is 1.84 bits per heavy atom. The van der Waals surface area contributed by atoms with Crippen LogP contribution in [-0.2, 0) is 14.8 Å². The van der Waals surface area contributed by atoms with Crippen LogP contribution in [0.15, 0.2) is 47.4 Å². The molecular weight excluding hydrogens is 352 g/mol. The average Bonchev–Trinajstić information content (AvgIpc) is 2.55. The Hall–Kier alpha value is -1.87. The van der Waals surface area contributed by atoms with Crippen molar-refractivity contribution in [3.63, 3.8) is 0 Å². The summed E-state index contributed by atoms with van der Waals surface area (Å²) in [6.45, 7) is 1.54. The number of halogens is 2. The van der Waals surface area contributed by atoms with Gasteiger partial charge in [-0.05, 0) is 24.6 Å². The Morgan fingerprint density at radius 1 is 1.16 bits per heavy atom. The largest absolute Gasteiger partial charge is 0.394 e. The topological polar surface area (TPSA) is 75.6 Å². The monoisotopic (exact) mass is 371 g/mol. The Balaban J connectivity index is 2.17. The second kappa shape index (κ2) is 8.48.